The van der Waals surface area contributed by atoms with Gasteiger partial charge in [0.1, 0.15) is 0 Å². The molecule has 6 nitrogen and oxygen atoms in total. The van der Waals surface area contributed by atoms with Gasteiger partial charge < -0.3 is 10.6 Å². The van der Waals surface area contributed by atoms with Gasteiger partial charge in [-0.25, -0.2) is 8.42 Å². The molecule has 1 aromatic rings. The number of nitrogens with one attached hydrogen (secondary N) is 2. The molecule has 0 unspecified atom stereocenters. The fourth-order valence-corrected chi connectivity index (χ4v) is 3.50. The highest BCUT2D eigenvalue weighted by Crippen LogP contribution is 2.16. The van der Waals surface area contributed by atoms with Gasteiger partial charge in [-0.2, -0.15) is 0 Å². The van der Waals surface area contributed by atoms with E-state index in [2.05, 4.69) is 15.5 Å². The van der Waals surface area contributed by atoms with Crippen molar-refractivity contribution in [3.8, 4) is 0 Å². The number of hydrogen-bond donors (Lipinski definition) is 2. The average molecular weight is 362 g/mol. The number of piperazine rings is 1. The van der Waals surface area contributed by atoms with E-state index in [4.69, 9.17) is 0 Å². The van der Waals surface area contributed by atoms with E-state index in [1.54, 1.807) is 19.1 Å². The molecular weight excluding hydrogens is 338 g/mol. The summed E-state index contributed by atoms with van der Waals surface area (Å²) in [6.07, 6.45) is 1.15. The van der Waals surface area contributed by atoms with Crippen LogP contribution in [0.25, 0.3) is 0 Å². The quantitative estimate of drug-likeness (QED) is 0.796. The summed E-state index contributed by atoms with van der Waals surface area (Å²) in [4.78, 5) is 14.6. The van der Waals surface area contributed by atoms with Crippen molar-refractivity contribution in [3.63, 3.8) is 0 Å². The molecule has 0 spiro atoms. The Balaban J connectivity index is 0.00000264. The lowest BCUT2D eigenvalue weighted by Crippen LogP contribution is -2.46. The van der Waals surface area contributed by atoms with Crippen LogP contribution in [0.5, 0.6) is 0 Å². The van der Waals surface area contributed by atoms with Gasteiger partial charge in [0.25, 0.3) is 5.91 Å². The van der Waals surface area contributed by atoms with Gasteiger partial charge in [0.05, 0.1) is 4.90 Å². The van der Waals surface area contributed by atoms with Crippen LogP contribution in [0, 0.1) is 6.92 Å². The Labute approximate surface area is 144 Å². The first kappa shape index (κ1) is 19.9. The third kappa shape index (κ3) is 5.76. The van der Waals surface area contributed by atoms with Crippen LogP contribution in [0.2, 0.25) is 0 Å². The third-order valence-electron chi connectivity index (χ3n) is 3.77. The SMILES string of the molecule is Cc1ccc(C(=O)NCCN2CCNCC2)cc1S(C)(=O)=O.Cl. The number of carbonyl (C=O) groups is 1. The Bertz CT molecular complexity index is 643. The molecule has 1 aliphatic rings. The first-order valence-corrected chi connectivity index (χ1v) is 9.29. The van der Waals surface area contributed by atoms with Crippen LogP contribution in [-0.4, -0.2) is 64.7 Å². The van der Waals surface area contributed by atoms with Gasteiger partial charge in [0.2, 0.25) is 0 Å². The lowest BCUT2D eigenvalue weighted by atomic mass is 10.1. The number of nitrogens with zero attached hydrogens (tertiary/aromatic N) is 1. The van der Waals surface area contributed by atoms with E-state index in [1.807, 2.05) is 0 Å². The molecular formula is C15H24ClN3O3S. The molecule has 130 valence electrons. The standard InChI is InChI=1S/C15H23N3O3S.ClH/c1-12-3-4-13(11-14(12)22(2,20)21)15(19)17-7-10-18-8-5-16-6-9-18;/h3-4,11,16H,5-10H2,1-2H3,(H,17,19);1H. The molecule has 1 heterocycles. The smallest absolute Gasteiger partial charge is 0.251 e. The van der Waals surface area contributed by atoms with E-state index in [0.29, 0.717) is 17.7 Å². The van der Waals surface area contributed by atoms with Gasteiger partial charge in [-0.3, -0.25) is 9.69 Å². The summed E-state index contributed by atoms with van der Waals surface area (Å²) in [6, 6.07) is 4.77. The summed E-state index contributed by atoms with van der Waals surface area (Å²) in [5.74, 6) is -0.236. The van der Waals surface area contributed by atoms with E-state index in [-0.39, 0.29) is 23.2 Å². The van der Waals surface area contributed by atoms with Crippen LogP contribution < -0.4 is 10.6 Å². The second kappa shape index (κ2) is 8.63. The van der Waals surface area contributed by atoms with Gasteiger partial charge in [-0.1, -0.05) is 6.07 Å². The number of amides is 1. The molecule has 0 aromatic heterocycles. The van der Waals surface area contributed by atoms with E-state index in [0.717, 1.165) is 39.0 Å². The summed E-state index contributed by atoms with van der Waals surface area (Å²) in [5, 5.41) is 6.13. The summed E-state index contributed by atoms with van der Waals surface area (Å²) < 4.78 is 23.4. The van der Waals surface area contributed by atoms with Crippen LogP contribution in [0.4, 0.5) is 0 Å². The maximum Gasteiger partial charge on any atom is 0.251 e. The Kier molecular flexibility index (Phi) is 7.47. The molecule has 2 N–H and O–H groups in total. The highest BCUT2D eigenvalue weighted by molar-refractivity contribution is 7.90. The number of benzene rings is 1. The minimum absolute atomic E-state index is 0. The molecule has 0 radical (unpaired) electrons. The summed E-state index contributed by atoms with van der Waals surface area (Å²) in [7, 11) is -3.32. The number of carbonyl (C=O) groups excluding carboxylic acids is 1. The van der Waals surface area contributed by atoms with Gasteiger partial charge in [-0.15, -0.1) is 12.4 Å². The number of hydrogen-bond acceptors (Lipinski definition) is 5. The van der Waals surface area contributed by atoms with E-state index in [1.165, 1.54) is 6.07 Å². The molecule has 0 aliphatic carbocycles. The summed E-state index contributed by atoms with van der Waals surface area (Å²) >= 11 is 0. The Morgan fingerprint density at radius 1 is 1.30 bits per heavy atom. The van der Waals surface area contributed by atoms with E-state index < -0.39 is 9.84 Å². The van der Waals surface area contributed by atoms with Gasteiger partial charge >= 0.3 is 0 Å². The number of halogens is 1. The maximum atomic E-state index is 12.1. The highest BCUT2D eigenvalue weighted by atomic mass is 35.5. The van der Waals surface area contributed by atoms with Gasteiger partial charge in [0.15, 0.2) is 9.84 Å². The normalized spacial score (nSPS) is 15.7. The molecule has 0 saturated carbocycles. The highest BCUT2D eigenvalue weighted by Gasteiger charge is 2.15. The second-order valence-corrected chi connectivity index (χ2v) is 7.58. The van der Waals surface area contributed by atoms with Crippen LogP contribution >= 0.6 is 12.4 Å². The third-order valence-corrected chi connectivity index (χ3v) is 5.01. The largest absolute Gasteiger partial charge is 0.351 e. The van der Waals surface area contributed by atoms with Crippen molar-refractivity contribution in [1.29, 1.82) is 0 Å². The zero-order valence-electron chi connectivity index (χ0n) is 13.5. The Morgan fingerprint density at radius 3 is 2.57 bits per heavy atom. The summed E-state index contributed by atoms with van der Waals surface area (Å²) in [5.41, 5.74) is 1.03. The monoisotopic (exact) mass is 361 g/mol. The summed E-state index contributed by atoms with van der Waals surface area (Å²) in [6.45, 7) is 7.01. The topological polar surface area (TPSA) is 78.5 Å². The zero-order chi connectivity index (χ0) is 16.2. The molecule has 8 heteroatoms. The number of aryl methyl sites for hydroxylation is 1. The van der Waals surface area contributed by atoms with Gasteiger partial charge in [-0.05, 0) is 24.6 Å². The van der Waals surface area contributed by atoms with Crippen molar-refractivity contribution in [2.75, 3.05) is 45.5 Å². The molecule has 0 bridgehead atoms. The number of rotatable bonds is 5. The second-order valence-electron chi connectivity index (χ2n) is 5.60. The fraction of sp³-hybridized carbons (Fsp3) is 0.533. The minimum atomic E-state index is -3.32. The molecule has 1 fully saturated rings. The van der Waals surface area contributed by atoms with Crippen LogP contribution in [0.1, 0.15) is 15.9 Å². The first-order chi connectivity index (χ1) is 10.4. The van der Waals surface area contributed by atoms with Crippen molar-refractivity contribution < 1.29 is 13.2 Å². The van der Waals surface area contributed by atoms with Gasteiger partial charge in [0, 0.05) is 51.1 Å². The van der Waals surface area contributed by atoms with Crippen molar-refractivity contribution >= 4 is 28.2 Å². The van der Waals surface area contributed by atoms with E-state index in [9.17, 15) is 13.2 Å². The van der Waals surface area contributed by atoms with Crippen LogP contribution in [-0.2, 0) is 9.84 Å². The first-order valence-electron chi connectivity index (χ1n) is 7.40. The maximum absolute atomic E-state index is 12.1. The predicted molar refractivity (Wildman–Crippen MR) is 93.2 cm³/mol. The van der Waals surface area contributed by atoms with E-state index >= 15 is 0 Å². The van der Waals surface area contributed by atoms with Crippen LogP contribution in [0.15, 0.2) is 23.1 Å². The number of sulfone groups is 1. The molecule has 1 aromatic carbocycles. The minimum Gasteiger partial charge on any atom is -0.351 e. The van der Waals surface area contributed by atoms with Crippen LogP contribution in [0.3, 0.4) is 0 Å². The molecule has 23 heavy (non-hydrogen) atoms. The molecule has 2 rings (SSSR count). The van der Waals surface area contributed by atoms with Crippen molar-refractivity contribution in [2.24, 2.45) is 0 Å². The average Bonchev–Trinajstić information content (AvgIpc) is 2.47. The Hall–Kier alpha value is -1.15. The van der Waals surface area contributed by atoms with Crippen molar-refractivity contribution in [1.82, 2.24) is 15.5 Å². The zero-order valence-corrected chi connectivity index (χ0v) is 15.1. The Morgan fingerprint density at radius 2 is 1.96 bits per heavy atom. The molecule has 1 saturated heterocycles. The molecule has 1 aliphatic heterocycles. The van der Waals surface area contributed by atoms with Crippen molar-refractivity contribution in [3.05, 3.63) is 29.3 Å². The lowest BCUT2D eigenvalue weighted by Gasteiger charge is -2.27. The van der Waals surface area contributed by atoms with Crippen molar-refractivity contribution in [2.45, 2.75) is 11.8 Å². The molecule has 1 amide bonds. The molecule has 0 atom stereocenters. The predicted octanol–water partition coefficient (Wildman–Crippen LogP) is 0.455. The fourth-order valence-electron chi connectivity index (χ4n) is 2.51. The lowest BCUT2D eigenvalue weighted by molar-refractivity contribution is 0.0947.